The fourth-order valence-corrected chi connectivity index (χ4v) is 3.24. The number of piperazine rings is 1. The quantitative estimate of drug-likeness (QED) is 0.858. The molecular formula is C20H24ClN3O2. The fraction of sp³-hybridized carbons (Fsp3) is 0.350. The molecule has 2 aromatic rings. The third kappa shape index (κ3) is 4.90. The molecule has 5 nitrogen and oxygen atoms in total. The molecule has 1 N–H and O–H groups in total. The first-order valence-corrected chi connectivity index (χ1v) is 9.28. The molecule has 0 aromatic heterocycles. The summed E-state index contributed by atoms with van der Waals surface area (Å²) in [4.78, 5) is 16.7. The van der Waals surface area contributed by atoms with Crippen LogP contribution in [0.3, 0.4) is 0 Å². The summed E-state index contributed by atoms with van der Waals surface area (Å²) in [7, 11) is 0. The zero-order chi connectivity index (χ0) is 18.4. The lowest BCUT2D eigenvalue weighted by Crippen LogP contribution is -2.49. The number of amides is 2. The number of rotatable bonds is 5. The van der Waals surface area contributed by atoms with Crippen LogP contribution in [-0.4, -0.2) is 48.6 Å². The molecule has 1 heterocycles. The molecule has 1 saturated heterocycles. The Hall–Kier alpha value is -2.24. The highest BCUT2D eigenvalue weighted by molar-refractivity contribution is 6.32. The van der Waals surface area contributed by atoms with Crippen molar-refractivity contribution in [3.63, 3.8) is 0 Å². The third-order valence-corrected chi connectivity index (χ3v) is 4.69. The van der Waals surface area contributed by atoms with Crippen molar-refractivity contribution < 1.29 is 9.53 Å². The lowest BCUT2D eigenvalue weighted by molar-refractivity contribution is 0.143. The highest BCUT2D eigenvalue weighted by atomic mass is 35.5. The Balaban J connectivity index is 1.50. The van der Waals surface area contributed by atoms with Gasteiger partial charge in [0.25, 0.3) is 0 Å². The first-order valence-electron chi connectivity index (χ1n) is 8.90. The van der Waals surface area contributed by atoms with Crippen molar-refractivity contribution >= 4 is 23.3 Å². The SMILES string of the molecule is CCOc1ccc(NC(=O)N2CCN(Cc3ccccc3)CC2)cc1Cl. The van der Waals surface area contributed by atoms with Gasteiger partial charge in [0.1, 0.15) is 5.75 Å². The average molecular weight is 374 g/mol. The minimum absolute atomic E-state index is 0.0930. The topological polar surface area (TPSA) is 44.8 Å². The fourth-order valence-electron chi connectivity index (χ4n) is 3.00. The number of urea groups is 1. The Morgan fingerprint density at radius 3 is 2.50 bits per heavy atom. The number of anilines is 1. The molecule has 0 radical (unpaired) electrons. The van der Waals surface area contributed by atoms with Crippen LogP contribution in [0, 0.1) is 0 Å². The Morgan fingerprint density at radius 1 is 1.12 bits per heavy atom. The van der Waals surface area contributed by atoms with Crippen LogP contribution in [0.25, 0.3) is 0 Å². The molecule has 138 valence electrons. The second-order valence-corrected chi connectivity index (χ2v) is 6.66. The van der Waals surface area contributed by atoms with Crippen molar-refractivity contribution in [1.82, 2.24) is 9.80 Å². The van der Waals surface area contributed by atoms with E-state index in [0.29, 0.717) is 36.2 Å². The predicted octanol–water partition coefficient (Wildman–Crippen LogP) is 4.09. The van der Waals surface area contributed by atoms with Gasteiger partial charge in [-0.15, -0.1) is 0 Å². The van der Waals surface area contributed by atoms with Crippen LogP contribution in [0.2, 0.25) is 5.02 Å². The number of nitrogens with one attached hydrogen (secondary N) is 1. The van der Waals surface area contributed by atoms with Gasteiger partial charge in [0, 0.05) is 38.4 Å². The van der Waals surface area contributed by atoms with Gasteiger partial charge in [0.15, 0.2) is 0 Å². The molecule has 6 heteroatoms. The van der Waals surface area contributed by atoms with Gasteiger partial charge in [0.2, 0.25) is 0 Å². The summed E-state index contributed by atoms with van der Waals surface area (Å²) in [6.45, 7) is 6.54. The summed E-state index contributed by atoms with van der Waals surface area (Å²) in [5.41, 5.74) is 1.98. The normalized spacial score (nSPS) is 14.9. The van der Waals surface area contributed by atoms with E-state index in [1.165, 1.54) is 5.56 Å². The van der Waals surface area contributed by atoms with Crippen molar-refractivity contribution in [3.8, 4) is 5.75 Å². The van der Waals surface area contributed by atoms with Gasteiger partial charge in [-0.25, -0.2) is 4.79 Å². The number of benzene rings is 2. The van der Waals surface area contributed by atoms with E-state index >= 15 is 0 Å². The number of halogens is 1. The third-order valence-electron chi connectivity index (χ3n) is 4.39. The van der Waals surface area contributed by atoms with Crippen LogP contribution in [0.1, 0.15) is 12.5 Å². The number of carbonyl (C=O) groups is 1. The molecule has 1 aliphatic rings. The monoisotopic (exact) mass is 373 g/mol. The van der Waals surface area contributed by atoms with E-state index in [1.807, 2.05) is 17.9 Å². The van der Waals surface area contributed by atoms with Crippen LogP contribution < -0.4 is 10.1 Å². The van der Waals surface area contributed by atoms with Crippen LogP contribution in [0.5, 0.6) is 5.75 Å². The van der Waals surface area contributed by atoms with Crippen molar-refractivity contribution in [3.05, 3.63) is 59.1 Å². The zero-order valence-electron chi connectivity index (χ0n) is 15.0. The molecule has 0 aliphatic carbocycles. The lowest BCUT2D eigenvalue weighted by Gasteiger charge is -2.34. The largest absolute Gasteiger partial charge is 0.492 e. The van der Waals surface area contributed by atoms with Crippen molar-refractivity contribution in [2.24, 2.45) is 0 Å². The average Bonchev–Trinajstić information content (AvgIpc) is 2.65. The minimum atomic E-state index is -0.0930. The summed E-state index contributed by atoms with van der Waals surface area (Å²) < 4.78 is 5.41. The summed E-state index contributed by atoms with van der Waals surface area (Å²) in [6, 6.07) is 15.6. The maximum atomic E-state index is 12.5. The van der Waals surface area contributed by atoms with Crippen molar-refractivity contribution in [1.29, 1.82) is 0 Å². The molecule has 1 aliphatic heterocycles. The maximum Gasteiger partial charge on any atom is 0.321 e. The van der Waals surface area contributed by atoms with E-state index in [1.54, 1.807) is 18.2 Å². The van der Waals surface area contributed by atoms with Crippen LogP contribution >= 0.6 is 11.6 Å². The van der Waals surface area contributed by atoms with E-state index in [2.05, 4.69) is 34.5 Å². The van der Waals surface area contributed by atoms with Gasteiger partial charge < -0.3 is 15.0 Å². The van der Waals surface area contributed by atoms with Gasteiger partial charge in [-0.3, -0.25) is 4.90 Å². The summed E-state index contributed by atoms with van der Waals surface area (Å²) in [6.07, 6.45) is 0. The standard InChI is InChI=1S/C20H24ClN3O2/c1-2-26-19-9-8-17(14-18(19)21)22-20(25)24-12-10-23(11-13-24)15-16-6-4-3-5-7-16/h3-9,14H,2,10-13,15H2,1H3,(H,22,25). The molecule has 0 saturated carbocycles. The zero-order valence-corrected chi connectivity index (χ0v) is 15.7. The molecule has 2 amide bonds. The van der Waals surface area contributed by atoms with Gasteiger partial charge in [-0.1, -0.05) is 41.9 Å². The van der Waals surface area contributed by atoms with Crippen LogP contribution in [-0.2, 0) is 6.54 Å². The summed E-state index contributed by atoms with van der Waals surface area (Å²) in [5, 5.41) is 3.41. The Labute approximate surface area is 159 Å². The molecule has 1 fully saturated rings. The number of carbonyl (C=O) groups excluding carboxylic acids is 1. The molecule has 0 unspecified atom stereocenters. The van der Waals surface area contributed by atoms with Crippen molar-refractivity contribution in [2.75, 3.05) is 38.1 Å². The molecule has 3 rings (SSSR count). The van der Waals surface area contributed by atoms with Gasteiger partial charge in [-0.2, -0.15) is 0 Å². The Bertz CT molecular complexity index is 731. The predicted molar refractivity (Wildman–Crippen MR) is 105 cm³/mol. The van der Waals surface area contributed by atoms with Gasteiger partial charge >= 0.3 is 6.03 Å². The van der Waals surface area contributed by atoms with Crippen molar-refractivity contribution in [2.45, 2.75) is 13.5 Å². The summed E-state index contributed by atoms with van der Waals surface area (Å²) in [5.74, 6) is 0.627. The van der Waals surface area contributed by atoms with Gasteiger partial charge in [0.05, 0.1) is 11.6 Å². The number of hydrogen-bond acceptors (Lipinski definition) is 3. The second-order valence-electron chi connectivity index (χ2n) is 6.26. The highest BCUT2D eigenvalue weighted by Gasteiger charge is 2.21. The lowest BCUT2D eigenvalue weighted by atomic mass is 10.2. The first-order chi connectivity index (χ1) is 12.7. The van der Waals surface area contributed by atoms with Crippen LogP contribution in [0.15, 0.2) is 48.5 Å². The van der Waals surface area contributed by atoms with E-state index in [0.717, 1.165) is 19.6 Å². The van der Waals surface area contributed by atoms with E-state index in [4.69, 9.17) is 16.3 Å². The van der Waals surface area contributed by atoms with E-state index in [9.17, 15) is 4.79 Å². The minimum Gasteiger partial charge on any atom is -0.492 e. The van der Waals surface area contributed by atoms with E-state index < -0.39 is 0 Å². The van der Waals surface area contributed by atoms with Gasteiger partial charge in [-0.05, 0) is 30.7 Å². The molecule has 0 spiro atoms. The second kappa shape index (κ2) is 8.92. The Kier molecular flexibility index (Phi) is 6.36. The number of nitrogens with zero attached hydrogens (tertiary/aromatic N) is 2. The molecule has 2 aromatic carbocycles. The smallest absolute Gasteiger partial charge is 0.321 e. The molecule has 0 atom stereocenters. The number of ether oxygens (including phenoxy) is 1. The van der Waals surface area contributed by atoms with E-state index in [-0.39, 0.29) is 6.03 Å². The molecule has 0 bridgehead atoms. The first kappa shape index (κ1) is 18.5. The number of hydrogen-bond donors (Lipinski definition) is 1. The maximum absolute atomic E-state index is 12.5. The summed E-state index contributed by atoms with van der Waals surface area (Å²) >= 11 is 6.18. The Morgan fingerprint density at radius 2 is 1.85 bits per heavy atom. The molecular weight excluding hydrogens is 350 g/mol. The molecule has 26 heavy (non-hydrogen) atoms. The highest BCUT2D eigenvalue weighted by Crippen LogP contribution is 2.27. The van der Waals surface area contributed by atoms with Crippen LogP contribution in [0.4, 0.5) is 10.5 Å².